The highest BCUT2D eigenvalue weighted by Crippen LogP contribution is 2.44. The molecule has 0 saturated heterocycles. The Hall–Kier alpha value is -3.02. The molecule has 3 N–H and O–H groups in total. The topological polar surface area (TPSA) is 104 Å². The van der Waals surface area contributed by atoms with Crippen molar-refractivity contribution in [3.8, 4) is 11.5 Å². The maximum Gasteiger partial charge on any atom is 0.335 e. The van der Waals surface area contributed by atoms with Crippen LogP contribution in [0.5, 0.6) is 11.5 Å². The fraction of sp³-hybridized carbons (Fsp3) is 0.622. The van der Waals surface area contributed by atoms with Gasteiger partial charge in [-0.3, -0.25) is 0 Å². The standard InChI is InChI=1S/C29H50O2.C8H6O4/c1-20(2)12-9-13-21(3)14-10-15-22(4)16-11-18-29(8)19-17-26-25(7)27(30)23(5)24(6)28(26)31-29;9-7(10)5-1-2-6(4-3-5)8(11)12/h20-22,30H,9-19H2,1-8H3;1-4H,(H,9,10)(H,11,12)/t21-,22-,29-;/m1./s1. The van der Waals surface area contributed by atoms with Gasteiger partial charge in [-0.2, -0.15) is 0 Å². The van der Waals surface area contributed by atoms with E-state index < -0.39 is 11.9 Å². The number of carbonyl (C=O) groups is 2. The minimum Gasteiger partial charge on any atom is -0.507 e. The molecular weight excluding hydrogens is 540 g/mol. The van der Waals surface area contributed by atoms with Gasteiger partial charge in [0.25, 0.3) is 0 Å². The molecule has 0 radical (unpaired) electrons. The third kappa shape index (κ3) is 11.2. The van der Waals surface area contributed by atoms with Gasteiger partial charge in [-0.15, -0.1) is 0 Å². The van der Waals surface area contributed by atoms with Gasteiger partial charge in [0, 0.05) is 5.56 Å². The average molecular weight is 597 g/mol. The summed E-state index contributed by atoms with van der Waals surface area (Å²) in [6, 6.07) is 5.02. The van der Waals surface area contributed by atoms with Crippen molar-refractivity contribution in [2.75, 3.05) is 0 Å². The Balaban J connectivity index is 0.000000448. The summed E-state index contributed by atoms with van der Waals surface area (Å²) in [6.07, 6.45) is 14.1. The first-order valence-corrected chi connectivity index (χ1v) is 16.2. The van der Waals surface area contributed by atoms with Gasteiger partial charge in [0.15, 0.2) is 0 Å². The Morgan fingerprint density at radius 1 is 0.767 bits per heavy atom. The fourth-order valence-corrected chi connectivity index (χ4v) is 6.03. The van der Waals surface area contributed by atoms with Crippen LogP contribution in [0.1, 0.15) is 142 Å². The molecule has 6 heteroatoms. The first-order valence-electron chi connectivity index (χ1n) is 16.2. The van der Waals surface area contributed by atoms with Crippen molar-refractivity contribution in [1.29, 1.82) is 0 Å². The van der Waals surface area contributed by atoms with E-state index in [9.17, 15) is 14.7 Å². The van der Waals surface area contributed by atoms with Crippen LogP contribution in [0.4, 0.5) is 0 Å². The van der Waals surface area contributed by atoms with E-state index in [0.29, 0.717) is 5.75 Å². The number of phenolic OH excluding ortho intramolecular Hbond substituents is 1. The molecule has 43 heavy (non-hydrogen) atoms. The third-order valence-corrected chi connectivity index (χ3v) is 9.25. The third-order valence-electron chi connectivity index (χ3n) is 9.25. The summed E-state index contributed by atoms with van der Waals surface area (Å²) in [6.45, 7) is 17.9. The summed E-state index contributed by atoms with van der Waals surface area (Å²) in [5, 5.41) is 27.3. The number of ether oxygens (including phenoxy) is 1. The van der Waals surface area contributed by atoms with Crippen molar-refractivity contribution in [1.82, 2.24) is 0 Å². The highest BCUT2D eigenvalue weighted by atomic mass is 16.5. The lowest BCUT2D eigenvalue weighted by Gasteiger charge is -2.38. The summed E-state index contributed by atoms with van der Waals surface area (Å²) in [4.78, 5) is 20.7. The van der Waals surface area contributed by atoms with Gasteiger partial charge in [-0.1, -0.05) is 72.6 Å². The number of hydrogen-bond donors (Lipinski definition) is 3. The molecule has 0 fully saturated rings. The molecule has 3 atom stereocenters. The number of carboxylic acid groups (broad SMARTS) is 2. The van der Waals surface area contributed by atoms with Gasteiger partial charge in [0.2, 0.25) is 0 Å². The highest BCUT2D eigenvalue weighted by molar-refractivity contribution is 5.91. The highest BCUT2D eigenvalue weighted by Gasteiger charge is 2.34. The smallest absolute Gasteiger partial charge is 0.335 e. The number of phenols is 1. The van der Waals surface area contributed by atoms with Crippen molar-refractivity contribution in [3.63, 3.8) is 0 Å². The quantitative estimate of drug-likeness (QED) is 0.200. The maximum absolute atomic E-state index is 10.4. The van der Waals surface area contributed by atoms with Gasteiger partial charge < -0.3 is 20.1 Å². The summed E-state index contributed by atoms with van der Waals surface area (Å²) < 4.78 is 6.60. The lowest BCUT2D eigenvalue weighted by Crippen LogP contribution is -2.37. The van der Waals surface area contributed by atoms with Crippen LogP contribution in [0.2, 0.25) is 0 Å². The average Bonchev–Trinajstić information content (AvgIpc) is 2.95. The summed E-state index contributed by atoms with van der Waals surface area (Å²) in [5.41, 5.74) is 4.40. The Bertz CT molecular complexity index is 1170. The molecule has 0 spiro atoms. The van der Waals surface area contributed by atoms with E-state index in [4.69, 9.17) is 14.9 Å². The molecule has 240 valence electrons. The lowest BCUT2D eigenvalue weighted by molar-refractivity contribution is 0.0511. The molecule has 0 aliphatic carbocycles. The largest absolute Gasteiger partial charge is 0.507 e. The van der Waals surface area contributed by atoms with E-state index in [-0.39, 0.29) is 16.7 Å². The monoisotopic (exact) mass is 596 g/mol. The number of aromatic hydroxyl groups is 1. The Morgan fingerprint density at radius 2 is 1.23 bits per heavy atom. The molecule has 0 amide bonds. The van der Waals surface area contributed by atoms with Crippen LogP contribution >= 0.6 is 0 Å². The second-order valence-electron chi connectivity index (χ2n) is 13.6. The van der Waals surface area contributed by atoms with Crippen LogP contribution in [0.25, 0.3) is 0 Å². The zero-order valence-electron chi connectivity index (χ0n) is 27.9. The SMILES string of the molecule is Cc1c(C)c2c(c(C)c1O)CC[C@@](C)(CCC[C@H](C)CCC[C@H](C)CCCC(C)C)O2.O=C(O)c1ccc(C(=O)O)cc1. The van der Waals surface area contributed by atoms with Crippen LogP contribution in [0, 0.1) is 38.5 Å². The van der Waals surface area contributed by atoms with Crippen LogP contribution in [0.15, 0.2) is 24.3 Å². The van der Waals surface area contributed by atoms with Crippen LogP contribution in [-0.2, 0) is 6.42 Å². The molecular formula is C37H56O6. The Labute approximate surface area is 259 Å². The minimum absolute atomic E-state index is 0.0712. The van der Waals surface area contributed by atoms with Crippen LogP contribution in [-0.4, -0.2) is 32.9 Å². The number of rotatable bonds is 14. The van der Waals surface area contributed by atoms with E-state index in [2.05, 4.69) is 41.5 Å². The predicted molar refractivity (Wildman–Crippen MR) is 175 cm³/mol. The van der Waals surface area contributed by atoms with Gasteiger partial charge >= 0.3 is 11.9 Å². The maximum atomic E-state index is 10.4. The fourth-order valence-electron chi connectivity index (χ4n) is 6.03. The zero-order valence-corrected chi connectivity index (χ0v) is 27.9. The van der Waals surface area contributed by atoms with Crippen LogP contribution < -0.4 is 4.74 Å². The normalized spacial score (nSPS) is 17.3. The number of aromatic carboxylic acids is 2. The van der Waals surface area contributed by atoms with Gasteiger partial charge in [-0.05, 0) is 112 Å². The minimum atomic E-state index is -1.06. The number of carboxylic acids is 2. The summed E-state index contributed by atoms with van der Waals surface area (Å²) in [7, 11) is 0. The molecule has 0 saturated carbocycles. The molecule has 6 nitrogen and oxygen atoms in total. The molecule has 1 aliphatic rings. The van der Waals surface area contributed by atoms with Crippen molar-refractivity contribution in [2.45, 2.75) is 132 Å². The first kappa shape index (κ1) is 36.2. The predicted octanol–water partition coefficient (Wildman–Crippen LogP) is 9.92. The van der Waals surface area contributed by atoms with Crippen molar-refractivity contribution >= 4 is 11.9 Å². The second-order valence-corrected chi connectivity index (χ2v) is 13.6. The Morgan fingerprint density at radius 3 is 1.70 bits per heavy atom. The van der Waals surface area contributed by atoms with E-state index in [1.165, 1.54) is 81.2 Å². The van der Waals surface area contributed by atoms with Crippen molar-refractivity contribution < 1.29 is 29.6 Å². The Kier molecular flexibility index (Phi) is 14.1. The lowest BCUT2D eigenvalue weighted by atomic mass is 9.84. The molecule has 3 rings (SSSR count). The van der Waals surface area contributed by atoms with Gasteiger partial charge in [0.05, 0.1) is 11.1 Å². The van der Waals surface area contributed by atoms with Crippen molar-refractivity contribution in [3.05, 3.63) is 57.6 Å². The number of fused-ring (bicyclic) bond motifs is 1. The molecule has 0 aromatic heterocycles. The van der Waals surface area contributed by atoms with Crippen LogP contribution in [0.3, 0.4) is 0 Å². The summed E-state index contributed by atoms with van der Waals surface area (Å²) >= 11 is 0. The molecule has 0 unspecified atom stereocenters. The summed E-state index contributed by atoms with van der Waals surface area (Å²) in [5.74, 6) is 1.91. The van der Waals surface area contributed by atoms with E-state index >= 15 is 0 Å². The van der Waals surface area contributed by atoms with Crippen molar-refractivity contribution in [2.24, 2.45) is 17.8 Å². The molecule has 2 aromatic carbocycles. The molecule has 2 aromatic rings. The van der Waals surface area contributed by atoms with E-state index in [0.717, 1.165) is 59.5 Å². The first-order chi connectivity index (χ1) is 20.1. The molecule has 0 bridgehead atoms. The molecule has 1 aliphatic heterocycles. The molecule has 1 heterocycles. The van der Waals surface area contributed by atoms with E-state index in [1.807, 2.05) is 13.8 Å². The van der Waals surface area contributed by atoms with E-state index in [1.54, 1.807) is 0 Å². The zero-order chi connectivity index (χ0) is 32.3. The number of hydrogen-bond acceptors (Lipinski definition) is 4. The van der Waals surface area contributed by atoms with Gasteiger partial charge in [0.1, 0.15) is 17.1 Å². The van der Waals surface area contributed by atoms with Gasteiger partial charge in [-0.25, -0.2) is 9.59 Å². The number of benzene rings is 2. The second kappa shape index (κ2) is 16.7.